The van der Waals surface area contributed by atoms with Gasteiger partial charge < -0.3 is 10.2 Å². The summed E-state index contributed by atoms with van der Waals surface area (Å²) in [6.07, 6.45) is 0.687. The molecule has 1 aromatic carbocycles. The highest BCUT2D eigenvalue weighted by Gasteiger charge is 2.46. The fourth-order valence-electron chi connectivity index (χ4n) is 2.20. The number of benzene rings is 1. The van der Waals surface area contributed by atoms with Gasteiger partial charge in [0.2, 0.25) is 5.91 Å². The molecule has 6 nitrogen and oxygen atoms in total. The Morgan fingerprint density at radius 2 is 1.62 bits per heavy atom. The molecule has 1 N–H and O–H groups in total. The average molecular weight is 394 g/mol. The second-order valence-electron chi connectivity index (χ2n) is 5.40. The van der Waals surface area contributed by atoms with E-state index in [-0.39, 0.29) is 24.4 Å². The molecular formula is C16H21F3N2O4S. The monoisotopic (exact) mass is 394 g/mol. The Morgan fingerprint density at radius 1 is 1.08 bits per heavy atom. The first kappa shape index (κ1) is 21.9. The number of sulfone groups is 1. The van der Waals surface area contributed by atoms with E-state index in [0.29, 0.717) is 19.5 Å². The van der Waals surface area contributed by atoms with E-state index >= 15 is 0 Å². The van der Waals surface area contributed by atoms with Crippen LogP contribution >= 0.6 is 0 Å². The van der Waals surface area contributed by atoms with Crippen molar-refractivity contribution >= 4 is 21.7 Å². The summed E-state index contributed by atoms with van der Waals surface area (Å²) < 4.78 is 59.9. The summed E-state index contributed by atoms with van der Waals surface area (Å²) in [6, 6.07) is 3.49. The SMILES string of the molecule is CCN(CC)C(=O)CCCNC(=O)c1ccc(S(=O)(=O)C(F)(F)F)cc1. The first-order valence-electron chi connectivity index (χ1n) is 8.02. The number of carbonyl (C=O) groups is 2. The second kappa shape index (κ2) is 9.02. The molecule has 0 aromatic heterocycles. The summed E-state index contributed by atoms with van der Waals surface area (Å²) in [5.41, 5.74) is -5.37. The fraction of sp³-hybridized carbons (Fsp3) is 0.500. The minimum absolute atomic E-state index is 0.0223. The number of hydrogen-bond acceptors (Lipinski definition) is 4. The van der Waals surface area contributed by atoms with Crippen LogP contribution in [0, 0.1) is 0 Å². The number of rotatable bonds is 8. The van der Waals surface area contributed by atoms with Crippen LogP contribution in [-0.4, -0.2) is 50.3 Å². The maximum Gasteiger partial charge on any atom is 0.501 e. The van der Waals surface area contributed by atoms with Gasteiger partial charge in [-0.25, -0.2) is 8.42 Å². The third-order valence-electron chi connectivity index (χ3n) is 3.70. The van der Waals surface area contributed by atoms with E-state index in [0.717, 1.165) is 24.3 Å². The molecule has 0 fully saturated rings. The highest BCUT2D eigenvalue weighted by molar-refractivity contribution is 7.92. The topological polar surface area (TPSA) is 83.6 Å². The van der Waals surface area contributed by atoms with E-state index in [9.17, 15) is 31.2 Å². The first-order valence-corrected chi connectivity index (χ1v) is 9.50. The Labute approximate surface area is 150 Å². The normalized spacial score (nSPS) is 11.9. The second-order valence-corrected chi connectivity index (χ2v) is 7.34. The maximum atomic E-state index is 12.5. The zero-order valence-corrected chi connectivity index (χ0v) is 15.3. The molecule has 0 saturated carbocycles. The van der Waals surface area contributed by atoms with Crippen molar-refractivity contribution in [3.63, 3.8) is 0 Å². The van der Waals surface area contributed by atoms with Crippen LogP contribution < -0.4 is 5.32 Å². The van der Waals surface area contributed by atoms with Crippen molar-refractivity contribution in [2.24, 2.45) is 0 Å². The third-order valence-corrected chi connectivity index (χ3v) is 5.20. The molecule has 0 spiro atoms. The molecule has 0 aliphatic heterocycles. The van der Waals surface area contributed by atoms with Crippen LogP contribution in [-0.2, 0) is 14.6 Å². The molecule has 26 heavy (non-hydrogen) atoms. The number of hydrogen-bond donors (Lipinski definition) is 1. The van der Waals surface area contributed by atoms with Crippen LogP contribution in [0.25, 0.3) is 0 Å². The van der Waals surface area contributed by atoms with Crippen molar-refractivity contribution in [2.75, 3.05) is 19.6 Å². The van der Waals surface area contributed by atoms with Gasteiger partial charge in [-0.15, -0.1) is 0 Å². The summed E-state index contributed by atoms with van der Waals surface area (Å²) in [7, 11) is -5.44. The first-order chi connectivity index (χ1) is 12.0. The van der Waals surface area contributed by atoms with Crippen molar-refractivity contribution < 1.29 is 31.2 Å². The van der Waals surface area contributed by atoms with E-state index in [1.807, 2.05) is 13.8 Å². The zero-order chi connectivity index (χ0) is 20.0. The molecule has 2 amide bonds. The lowest BCUT2D eigenvalue weighted by Gasteiger charge is -2.18. The largest absolute Gasteiger partial charge is 0.501 e. The molecule has 0 heterocycles. The minimum Gasteiger partial charge on any atom is -0.352 e. The highest BCUT2D eigenvalue weighted by Crippen LogP contribution is 2.30. The van der Waals surface area contributed by atoms with E-state index in [1.165, 1.54) is 0 Å². The Balaban J connectivity index is 2.58. The number of carbonyl (C=O) groups excluding carboxylic acids is 2. The van der Waals surface area contributed by atoms with Crippen molar-refractivity contribution in [1.29, 1.82) is 0 Å². The fourth-order valence-corrected chi connectivity index (χ4v) is 2.96. The van der Waals surface area contributed by atoms with Crippen LogP contribution in [0.5, 0.6) is 0 Å². The van der Waals surface area contributed by atoms with Crippen LogP contribution in [0.15, 0.2) is 29.2 Å². The molecule has 0 aliphatic carbocycles. The van der Waals surface area contributed by atoms with Crippen LogP contribution in [0.2, 0.25) is 0 Å². The lowest BCUT2D eigenvalue weighted by molar-refractivity contribution is -0.130. The van der Waals surface area contributed by atoms with E-state index in [4.69, 9.17) is 0 Å². The summed E-state index contributed by atoms with van der Waals surface area (Å²) in [5, 5.41) is 2.54. The van der Waals surface area contributed by atoms with Crippen molar-refractivity contribution in [2.45, 2.75) is 37.1 Å². The molecule has 0 bridgehead atoms. The number of nitrogens with zero attached hydrogens (tertiary/aromatic N) is 1. The van der Waals surface area contributed by atoms with E-state index in [2.05, 4.69) is 5.32 Å². The van der Waals surface area contributed by atoms with Gasteiger partial charge in [-0.2, -0.15) is 13.2 Å². The van der Waals surface area contributed by atoms with Gasteiger partial charge in [-0.3, -0.25) is 9.59 Å². The molecular weight excluding hydrogens is 373 g/mol. The van der Waals surface area contributed by atoms with Gasteiger partial charge in [0.1, 0.15) is 0 Å². The maximum absolute atomic E-state index is 12.5. The molecule has 0 saturated heterocycles. The zero-order valence-electron chi connectivity index (χ0n) is 14.5. The summed E-state index contributed by atoms with van der Waals surface area (Å²) >= 11 is 0. The van der Waals surface area contributed by atoms with Gasteiger partial charge in [-0.05, 0) is 44.5 Å². The average Bonchev–Trinajstić information content (AvgIpc) is 2.58. The Hall–Kier alpha value is -2.10. The van der Waals surface area contributed by atoms with Gasteiger partial charge >= 0.3 is 5.51 Å². The summed E-state index contributed by atoms with van der Waals surface area (Å²) in [5.74, 6) is -0.581. The predicted molar refractivity (Wildman–Crippen MR) is 89.2 cm³/mol. The molecule has 1 aromatic rings. The lowest BCUT2D eigenvalue weighted by atomic mass is 10.2. The van der Waals surface area contributed by atoms with E-state index < -0.39 is 26.1 Å². The van der Waals surface area contributed by atoms with Gasteiger partial charge in [0.25, 0.3) is 15.7 Å². The molecule has 146 valence electrons. The van der Waals surface area contributed by atoms with Gasteiger partial charge in [0.15, 0.2) is 0 Å². The molecule has 0 radical (unpaired) electrons. The summed E-state index contributed by atoms with van der Waals surface area (Å²) in [4.78, 5) is 24.5. The Morgan fingerprint density at radius 3 is 2.08 bits per heavy atom. The van der Waals surface area contributed by atoms with Gasteiger partial charge in [-0.1, -0.05) is 0 Å². The molecule has 1 rings (SSSR count). The van der Waals surface area contributed by atoms with Crippen LogP contribution in [0.1, 0.15) is 37.0 Å². The summed E-state index contributed by atoms with van der Waals surface area (Å²) in [6.45, 7) is 5.16. The van der Waals surface area contributed by atoms with Crippen LogP contribution in [0.4, 0.5) is 13.2 Å². The number of alkyl halides is 3. The minimum atomic E-state index is -5.44. The standard InChI is InChI=1S/C16H21F3N2O4S/c1-3-21(4-2)14(22)6-5-11-20-15(23)12-7-9-13(10-8-12)26(24,25)16(17,18)19/h7-10H,3-6,11H2,1-2H3,(H,20,23). The van der Waals surface area contributed by atoms with Crippen molar-refractivity contribution in [1.82, 2.24) is 10.2 Å². The van der Waals surface area contributed by atoms with Crippen molar-refractivity contribution in [3.8, 4) is 0 Å². The Bertz CT molecular complexity index is 727. The molecule has 0 aliphatic rings. The number of halogens is 3. The third kappa shape index (κ3) is 5.45. The predicted octanol–water partition coefficient (Wildman–Crippen LogP) is 2.36. The lowest BCUT2D eigenvalue weighted by Crippen LogP contribution is -2.31. The number of amides is 2. The smallest absolute Gasteiger partial charge is 0.352 e. The van der Waals surface area contributed by atoms with Gasteiger partial charge in [0.05, 0.1) is 4.90 Å². The number of nitrogens with one attached hydrogen (secondary N) is 1. The highest BCUT2D eigenvalue weighted by atomic mass is 32.2. The quantitative estimate of drug-likeness (QED) is 0.686. The molecule has 0 atom stereocenters. The Kier molecular flexibility index (Phi) is 7.61. The van der Waals surface area contributed by atoms with Crippen LogP contribution in [0.3, 0.4) is 0 Å². The van der Waals surface area contributed by atoms with Gasteiger partial charge in [0, 0.05) is 31.6 Å². The van der Waals surface area contributed by atoms with E-state index in [1.54, 1.807) is 4.90 Å². The van der Waals surface area contributed by atoms with Crippen molar-refractivity contribution in [3.05, 3.63) is 29.8 Å². The molecule has 0 unspecified atom stereocenters. The molecule has 10 heteroatoms.